The van der Waals surface area contributed by atoms with Gasteiger partial charge in [-0.3, -0.25) is 0 Å². The fourth-order valence-electron chi connectivity index (χ4n) is 1.08. The zero-order valence-corrected chi connectivity index (χ0v) is 7.42. The van der Waals surface area contributed by atoms with Crippen molar-refractivity contribution in [2.24, 2.45) is 0 Å². The fourth-order valence-corrected chi connectivity index (χ4v) is 1.08. The fraction of sp³-hybridized carbons (Fsp3) is 0.273. The molecule has 0 heterocycles. The molecule has 0 saturated heterocycles. The molecule has 1 aromatic carbocycles. The lowest BCUT2D eigenvalue weighted by atomic mass is 10.1. The van der Waals surface area contributed by atoms with Crippen LogP contribution in [0.2, 0.25) is 0 Å². The number of ether oxygens (including phenoxy) is 1. The predicted octanol–water partition coefficient (Wildman–Crippen LogP) is 2.78. The van der Waals surface area contributed by atoms with E-state index < -0.39 is 0 Å². The Bertz CT molecular complexity index is 238. The van der Waals surface area contributed by atoms with Crippen LogP contribution < -0.4 is 0 Å². The summed E-state index contributed by atoms with van der Waals surface area (Å²) in [5.41, 5.74) is 1.25. The predicted molar refractivity (Wildman–Crippen MR) is 50.9 cm³/mol. The van der Waals surface area contributed by atoms with Crippen LogP contribution in [0.1, 0.15) is 12.5 Å². The van der Waals surface area contributed by atoms with Gasteiger partial charge in [0, 0.05) is 6.42 Å². The van der Waals surface area contributed by atoms with Crippen LogP contribution in [0.15, 0.2) is 42.7 Å². The van der Waals surface area contributed by atoms with Gasteiger partial charge in [-0.15, -0.1) is 0 Å². The summed E-state index contributed by atoms with van der Waals surface area (Å²) in [6.45, 7) is 6.49. The second-order valence-electron chi connectivity index (χ2n) is 2.63. The van der Waals surface area contributed by atoms with E-state index in [1.165, 1.54) is 5.56 Å². The van der Waals surface area contributed by atoms with E-state index >= 15 is 0 Å². The average Bonchev–Trinajstić information content (AvgIpc) is 2.06. The van der Waals surface area contributed by atoms with Gasteiger partial charge in [0.05, 0.1) is 12.4 Å². The topological polar surface area (TPSA) is 9.23 Å². The maximum absolute atomic E-state index is 5.25. The van der Waals surface area contributed by atoms with E-state index in [0.29, 0.717) is 6.61 Å². The van der Waals surface area contributed by atoms with E-state index in [2.05, 4.69) is 18.7 Å². The van der Waals surface area contributed by atoms with E-state index in [-0.39, 0.29) is 0 Å². The van der Waals surface area contributed by atoms with Crippen molar-refractivity contribution in [2.45, 2.75) is 13.3 Å². The van der Waals surface area contributed by atoms with Crippen LogP contribution in [0.25, 0.3) is 0 Å². The molecule has 1 aromatic rings. The lowest BCUT2D eigenvalue weighted by molar-refractivity contribution is 0.225. The second kappa shape index (κ2) is 4.60. The van der Waals surface area contributed by atoms with E-state index in [9.17, 15) is 0 Å². The van der Waals surface area contributed by atoms with Crippen molar-refractivity contribution in [3.8, 4) is 0 Å². The summed E-state index contributed by atoms with van der Waals surface area (Å²) in [5, 5.41) is 0. The Morgan fingerprint density at radius 1 is 1.33 bits per heavy atom. The first kappa shape index (κ1) is 8.85. The smallest absolute Gasteiger partial charge is 0.0931 e. The summed E-state index contributed by atoms with van der Waals surface area (Å²) in [7, 11) is 0. The minimum absolute atomic E-state index is 0.700. The highest BCUT2D eigenvalue weighted by Crippen LogP contribution is 2.06. The first-order valence-corrected chi connectivity index (χ1v) is 4.17. The molecule has 0 aliphatic carbocycles. The van der Waals surface area contributed by atoms with Gasteiger partial charge in [0.15, 0.2) is 0 Å². The lowest BCUT2D eigenvalue weighted by Gasteiger charge is -2.05. The molecule has 0 fully saturated rings. The standard InChI is InChI=1S/C11H14O/c1-3-12-10(2)9-11-7-5-4-6-8-11/h4-8H,2-3,9H2,1H3. The molecule has 0 saturated carbocycles. The van der Waals surface area contributed by atoms with Crippen molar-refractivity contribution in [1.29, 1.82) is 0 Å². The summed E-state index contributed by atoms with van der Waals surface area (Å²) < 4.78 is 5.25. The van der Waals surface area contributed by atoms with Crippen molar-refractivity contribution in [3.05, 3.63) is 48.2 Å². The molecule has 0 spiro atoms. The second-order valence-corrected chi connectivity index (χ2v) is 2.63. The van der Waals surface area contributed by atoms with E-state index in [4.69, 9.17) is 4.74 Å². The molecule has 0 unspecified atom stereocenters. The van der Waals surface area contributed by atoms with Crippen LogP contribution in [0.5, 0.6) is 0 Å². The Hall–Kier alpha value is -1.24. The minimum Gasteiger partial charge on any atom is -0.498 e. The molecule has 0 bridgehead atoms. The number of hydrogen-bond acceptors (Lipinski definition) is 1. The lowest BCUT2D eigenvalue weighted by Crippen LogP contribution is -1.94. The van der Waals surface area contributed by atoms with Crippen molar-refractivity contribution in [1.82, 2.24) is 0 Å². The highest BCUT2D eigenvalue weighted by molar-refractivity contribution is 5.18. The summed E-state index contributed by atoms with van der Waals surface area (Å²) >= 11 is 0. The first-order chi connectivity index (χ1) is 5.83. The molecular formula is C11H14O. The molecule has 0 atom stereocenters. The summed E-state index contributed by atoms with van der Waals surface area (Å²) in [6, 6.07) is 10.2. The molecule has 0 radical (unpaired) electrons. The maximum Gasteiger partial charge on any atom is 0.0931 e. The number of hydrogen-bond donors (Lipinski definition) is 0. The molecule has 64 valence electrons. The van der Waals surface area contributed by atoms with Crippen LogP contribution >= 0.6 is 0 Å². The highest BCUT2D eigenvalue weighted by Gasteiger charge is 1.95. The average molecular weight is 162 g/mol. The van der Waals surface area contributed by atoms with Gasteiger partial charge < -0.3 is 4.74 Å². The SMILES string of the molecule is C=C(Cc1ccccc1)OCC. The number of rotatable bonds is 4. The third-order valence-electron chi connectivity index (χ3n) is 1.59. The van der Waals surface area contributed by atoms with Crippen molar-refractivity contribution in [3.63, 3.8) is 0 Å². The summed E-state index contributed by atoms with van der Waals surface area (Å²) in [4.78, 5) is 0. The van der Waals surface area contributed by atoms with Gasteiger partial charge in [-0.25, -0.2) is 0 Å². The van der Waals surface area contributed by atoms with Gasteiger partial charge in [0.1, 0.15) is 0 Å². The molecule has 1 nitrogen and oxygen atoms in total. The Kier molecular flexibility index (Phi) is 3.39. The van der Waals surface area contributed by atoms with Gasteiger partial charge in [0.25, 0.3) is 0 Å². The quantitative estimate of drug-likeness (QED) is 0.618. The molecule has 0 aromatic heterocycles. The van der Waals surface area contributed by atoms with E-state index in [1.807, 2.05) is 25.1 Å². The van der Waals surface area contributed by atoms with Gasteiger partial charge in [-0.05, 0) is 12.5 Å². The summed E-state index contributed by atoms with van der Waals surface area (Å²) in [5.74, 6) is 0.837. The maximum atomic E-state index is 5.25. The molecule has 0 aliphatic heterocycles. The Labute approximate surface area is 73.7 Å². The minimum atomic E-state index is 0.700. The molecule has 1 rings (SSSR count). The van der Waals surface area contributed by atoms with Crippen molar-refractivity contribution < 1.29 is 4.74 Å². The van der Waals surface area contributed by atoms with Crippen molar-refractivity contribution >= 4 is 0 Å². The molecule has 0 amide bonds. The Balaban J connectivity index is 2.47. The zero-order valence-electron chi connectivity index (χ0n) is 7.42. The van der Waals surface area contributed by atoms with Gasteiger partial charge in [-0.1, -0.05) is 36.9 Å². The monoisotopic (exact) mass is 162 g/mol. The molecule has 0 N–H and O–H groups in total. The third-order valence-corrected chi connectivity index (χ3v) is 1.59. The number of benzene rings is 1. The normalized spacial score (nSPS) is 9.42. The van der Waals surface area contributed by atoms with Crippen LogP contribution in [0.3, 0.4) is 0 Å². The first-order valence-electron chi connectivity index (χ1n) is 4.17. The largest absolute Gasteiger partial charge is 0.498 e. The molecular weight excluding hydrogens is 148 g/mol. The molecule has 1 heteroatoms. The molecule has 0 aliphatic rings. The van der Waals surface area contributed by atoms with Crippen LogP contribution in [0, 0.1) is 0 Å². The van der Waals surface area contributed by atoms with Gasteiger partial charge in [0.2, 0.25) is 0 Å². The Morgan fingerprint density at radius 2 is 2.00 bits per heavy atom. The highest BCUT2D eigenvalue weighted by atomic mass is 16.5. The zero-order chi connectivity index (χ0) is 8.81. The Morgan fingerprint density at radius 3 is 2.58 bits per heavy atom. The summed E-state index contributed by atoms with van der Waals surface area (Å²) in [6.07, 6.45) is 0.814. The molecule has 12 heavy (non-hydrogen) atoms. The van der Waals surface area contributed by atoms with Crippen LogP contribution in [0.4, 0.5) is 0 Å². The van der Waals surface area contributed by atoms with Gasteiger partial charge >= 0.3 is 0 Å². The number of allylic oxidation sites excluding steroid dienone is 1. The van der Waals surface area contributed by atoms with Gasteiger partial charge in [-0.2, -0.15) is 0 Å². The van der Waals surface area contributed by atoms with E-state index in [0.717, 1.165) is 12.2 Å². The van der Waals surface area contributed by atoms with Crippen molar-refractivity contribution in [2.75, 3.05) is 6.61 Å². The van der Waals surface area contributed by atoms with Crippen LogP contribution in [-0.4, -0.2) is 6.61 Å². The third kappa shape index (κ3) is 2.79. The van der Waals surface area contributed by atoms with Crippen LogP contribution in [-0.2, 0) is 11.2 Å². The van der Waals surface area contributed by atoms with E-state index in [1.54, 1.807) is 0 Å².